The van der Waals surface area contributed by atoms with Crippen molar-refractivity contribution in [2.75, 3.05) is 0 Å². The number of rotatable bonds is 6. The molecule has 0 bridgehead atoms. The standard InChI is InChI=1S/C25H17ClN2O3/c26-20-9-5-17(6-10-20)16-31-24-4-2-1-3-22(24)23-15-28(14-19(23)13-27)21-11-7-18(8-12-21)25(29)30/h1-12,14-15H,16H2,(H,29,30). The zero-order chi connectivity index (χ0) is 21.8. The lowest BCUT2D eigenvalue weighted by molar-refractivity contribution is 0.0697. The Morgan fingerprint density at radius 2 is 1.68 bits per heavy atom. The van der Waals surface area contributed by atoms with Gasteiger partial charge in [-0.1, -0.05) is 41.9 Å². The van der Waals surface area contributed by atoms with E-state index in [0.717, 1.165) is 22.4 Å². The predicted octanol–water partition coefficient (Wildman–Crippen LogP) is 5.95. The SMILES string of the molecule is N#Cc1cn(-c2ccc(C(=O)O)cc2)cc1-c1ccccc1OCc1ccc(Cl)cc1. The fraction of sp³-hybridized carbons (Fsp3) is 0.0400. The summed E-state index contributed by atoms with van der Waals surface area (Å²) in [6.45, 7) is 0.368. The largest absolute Gasteiger partial charge is 0.488 e. The maximum absolute atomic E-state index is 11.1. The number of nitrogens with zero attached hydrogens (tertiary/aromatic N) is 2. The van der Waals surface area contributed by atoms with Gasteiger partial charge >= 0.3 is 5.97 Å². The van der Waals surface area contributed by atoms with Gasteiger partial charge in [-0.05, 0) is 48.0 Å². The molecule has 6 heteroatoms. The molecule has 1 heterocycles. The van der Waals surface area contributed by atoms with E-state index in [4.69, 9.17) is 21.4 Å². The molecule has 4 aromatic rings. The summed E-state index contributed by atoms with van der Waals surface area (Å²) in [5.41, 5.74) is 3.97. The smallest absolute Gasteiger partial charge is 0.335 e. The topological polar surface area (TPSA) is 75.2 Å². The minimum Gasteiger partial charge on any atom is -0.488 e. The van der Waals surface area contributed by atoms with E-state index in [0.29, 0.717) is 22.9 Å². The van der Waals surface area contributed by atoms with Crippen LogP contribution in [0.3, 0.4) is 0 Å². The van der Waals surface area contributed by atoms with Crippen LogP contribution < -0.4 is 4.74 Å². The number of halogens is 1. The molecular formula is C25H17ClN2O3. The summed E-state index contributed by atoms with van der Waals surface area (Å²) < 4.78 is 7.85. The molecule has 0 aliphatic rings. The van der Waals surface area contributed by atoms with Gasteiger partial charge in [0.25, 0.3) is 0 Å². The third kappa shape index (κ3) is 4.45. The Hall–Kier alpha value is -4.01. The number of para-hydroxylation sites is 1. The zero-order valence-electron chi connectivity index (χ0n) is 16.3. The van der Waals surface area contributed by atoms with Gasteiger partial charge in [-0.15, -0.1) is 0 Å². The fourth-order valence-corrected chi connectivity index (χ4v) is 3.37. The molecule has 5 nitrogen and oxygen atoms in total. The number of carboxylic acid groups (broad SMARTS) is 1. The first-order valence-electron chi connectivity index (χ1n) is 9.47. The van der Waals surface area contributed by atoms with Crippen LogP contribution in [-0.4, -0.2) is 15.6 Å². The average molecular weight is 429 g/mol. The second-order valence-electron chi connectivity index (χ2n) is 6.87. The van der Waals surface area contributed by atoms with Gasteiger partial charge in [-0.2, -0.15) is 5.26 Å². The molecule has 0 aliphatic heterocycles. The van der Waals surface area contributed by atoms with Crippen molar-refractivity contribution in [3.8, 4) is 28.6 Å². The Balaban J connectivity index is 1.66. The van der Waals surface area contributed by atoms with Crippen molar-refractivity contribution in [2.24, 2.45) is 0 Å². The number of benzene rings is 3. The van der Waals surface area contributed by atoms with E-state index in [2.05, 4.69) is 6.07 Å². The number of hydrogen-bond acceptors (Lipinski definition) is 3. The summed E-state index contributed by atoms with van der Waals surface area (Å²) in [6.07, 6.45) is 3.57. The molecule has 0 spiro atoms. The van der Waals surface area contributed by atoms with Crippen LogP contribution >= 0.6 is 11.6 Å². The molecule has 0 saturated carbocycles. The summed E-state index contributed by atoms with van der Waals surface area (Å²) >= 11 is 5.94. The first kappa shape index (κ1) is 20.3. The molecule has 31 heavy (non-hydrogen) atoms. The summed E-state index contributed by atoms with van der Waals surface area (Å²) in [5.74, 6) is -0.322. The molecule has 1 aromatic heterocycles. The van der Waals surface area contributed by atoms with Crippen molar-refractivity contribution in [2.45, 2.75) is 6.61 Å². The molecule has 4 rings (SSSR count). The third-order valence-electron chi connectivity index (χ3n) is 4.84. The lowest BCUT2D eigenvalue weighted by Crippen LogP contribution is -1.97. The lowest BCUT2D eigenvalue weighted by Gasteiger charge is -2.11. The summed E-state index contributed by atoms with van der Waals surface area (Å²) in [5, 5.41) is 19.4. The number of ether oxygens (including phenoxy) is 1. The Morgan fingerprint density at radius 1 is 0.968 bits per heavy atom. The number of carboxylic acids is 1. The number of hydrogen-bond donors (Lipinski definition) is 1. The highest BCUT2D eigenvalue weighted by Crippen LogP contribution is 2.34. The van der Waals surface area contributed by atoms with Gasteiger partial charge in [0.15, 0.2) is 0 Å². The van der Waals surface area contributed by atoms with Crippen LogP contribution in [0.25, 0.3) is 16.8 Å². The molecule has 1 N–H and O–H groups in total. The van der Waals surface area contributed by atoms with Crippen molar-refractivity contribution in [3.63, 3.8) is 0 Å². The highest BCUT2D eigenvalue weighted by molar-refractivity contribution is 6.30. The van der Waals surface area contributed by atoms with Crippen LogP contribution in [0.2, 0.25) is 5.02 Å². The van der Waals surface area contributed by atoms with Gasteiger partial charge in [-0.3, -0.25) is 0 Å². The molecule has 0 saturated heterocycles. The Bertz CT molecular complexity index is 1270. The predicted molar refractivity (Wildman–Crippen MR) is 119 cm³/mol. The fourth-order valence-electron chi connectivity index (χ4n) is 3.24. The maximum Gasteiger partial charge on any atom is 0.335 e. The van der Waals surface area contributed by atoms with Crippen molar-refractivity contribution >= 4 is 17.6 Å². The molecular weight excluding hydrogens is 412 g/mol. The lowest BCUT2D eigenvalue weighted by atomic mass is 10.0. The Labute approximate surface area is 184 Å². The summed E-state index contributed by atoms with van der Waals surface area (Å²) in [4.78, 5) is 11.1. The van der Waals surface area contributed by atoms with Gasteiger partial charge in [0.2, 0.25) is 0 Å². The number of aromatic carboxylic acids is 1. The molecule has 0 fully saturated rings. The quantitative estimate of drug-likeness (QED) is 0.412. The van der Waals surface area contributed by atoms with Crippen LogP contribution in [0.15, 0.2) is 85.2 Å². The highest BCUT2D eigenvalue weighted by Gasteiger charge is 2.14. The van der Waals surface area contributed by atoms with E-state index in [1.807, 2.05) is 54.7 Å². The highest BCUT2D eigenvalue weighted by atomic mass is 35.5. The molecule has 0 unspecified atom stereocenters. The van der Waals surface area contributed by atoms with Crippen LogP contribution in [0, 0.1) is 11.3 Å². The number of nitriles is 1. The van der Waals surface area contributed by atoms with Gasteiger partial charge < -0.3 is 14.4 Å². The minimum absolute atomic E-state index is 0.206. The van der Waals surface area contributed by atoms with E-state index < -0.39 is 5.97 Å². The molecule has 3 aromatic carbocycles. The van der Waals surface area contributed by atoms with E-state index in [1.165, 1.54) is 12.1 Å². The second-order valence-corrected chi connectivity index (χ2v) is 7.30. The Kier molecular flexibility index (Phi) is 5.74. The van der Waals surface area contributed by atoms with Gasteiger partial charge in [0.05, 0.1) is 11.1 Å². The summed E-state index contributed by atoms with van der Waals surface area (Å²) in [7, 11) is 0. The van der Waals surface area contributed by atoms with E-state index in [-0.39, 0.29) is 5.56 Å². The Morgan fingerprint density at radius 3 is 2.35 bits per heavy atom. The maximum atomic E-state index is 11.1. The first-order chi connectivity index (χ1) is 15.0. The van der Waals surface area contributed by atoms with Crippen molar-refractivity contribution in [1.29, 1.82) is 5.26 Å². The van der Waals surface area contributed by atoms with Crippen LogP contribution in [-0.2, 0) is 6.61 Å². The van der Waals surface area contributed by atoms with Gasteiger partial charge in [-0.25, -0.2) is 4.79 Å². The van der Waals surface area contributed by atoms with Gasteiger partial charge in [0.1, 0.15) is 18.4 Å². The van der Waals surface area contributed by atoms with Crippen molar-refractivity contribution < 1.29 is 14.6 Å². The number of aromatic nitrogens is 1. The second kappa shape index (κ2) is 8.78. The van der Waals surface area contributed by atoms with Crippen LogP contribution in [0.5, 0.6) is 5.75 Å². The molecule has 0 atom stereocenters. The number of carbonyl (C=O) groups is 1. The van der Waals surface area contributed by atoms with E-state index in [9.17, 15) is 10.1 Å². The third-order valence-corrected chi connectivity index (χ3v) is 5.10. The van der Waals surface area contributed by atoms with Crippen LogP contribution in [0.1, 0.15) is 21.5 Å². The molecule has 0 radical (unpaired) electrons. The van der Waals surface area contributed by atoms with E-state index in [1.54, 1.807) is 22.9 Å². The van der Waals surface area contributed by atoms with Gasteiger partial charge in [0, 0.05) is 34.2 Å². The van der Waals surface area contributed by atoms with Crippen LogP contribution in [0.4, 0.5) is 0 Å². The monoisotopic (exact) mass is 428 g/mol. The van der Waals surface area contributed by atoms with Crippen molar-refractivity contribution in [3.05, 3.63) is 107 Å². The minimum atomic E-state index is -0.982. The van der Waals surface area contributed by atoms with Crippen molar-refractivity contribution in [1.82, 2.24) is 4.57 Å². The zero-order valence-corrected chi connectivity index (χ0v) is 17.1. The molecule has 0 amide bonds. The normalized spacial score (nSPS) is 10.5. The first-order valence-corrected chi connectivity index (χ1v) is 9.85. The average Bonchev–Trinajstić information content (AvgIpc) is 3.23. The summed E-state index contributed by atoms with van der Waals surface area (Å²) in [6, 6.07) is 23.7. The molecule has 0 aliphatic carbocycles. The molecule has 152 valence electrons. The van der Waals surface area contributed by atoms with E-state index >= 15 is 0 Å².